The van der Waals surface area contributed by atoms with Gasteiger partial charge in [0.25, 0.3) is 0 Å². The number of alkyl carbamates (subject to hydrolysis) is 1. The minimum absolute atomic E-state index is 0.0323. The van der Waals surface area contributed by atoms with Crippen molar-refractivity contribution in [1.82, 2.24) is 40.0 Å². The van der Waals surface area contributed by atoms with E-state index in [0.717, 1.165) is 64.2 Å². The first-order valence-electron chi connectivity index (χ1n) is 17.3. The molecule has 4 aromatic rings. The van der Waals surface area contributed by atoms with Gasteiger partial charge in [-0.15, -0.1) is 0 Å². The Hall–Kier alpha value is -5.70. The highest BCUT2D eigenvalue weighted by Gasteiger charge is 2.38. The molecular formula is C37H44N8O7. The van der Waals surface area contributed by atoms with E-state index in [1.165, 1.54) is 21.3 Å². The first kappa shape index (κ1) is 36.1. The molecule has 4 N–H and O–H groups in total. The van der Waals surface area contributed by atoms with Crippen LogP contribution in [0, 0.1) is 0 Å². The molecule has 4 heterocycles. The zero-order chi connectivity index (χ0) is 36.9. The van der Waals surface area contributed by atoms with Gasteiger partial charge in [-0.3, -0.25) is 14.5 Å². The van der Waals surface area contributed by atoms with Crippen molar-refractivity contribution in [3.8, 4) is 33.6 Å². The van der Waals surface area contributed by atoms with Gasteiger partial charge in [-0.1, -0.05) is 48.5 Å². The fourth-order valence-electron chi connectivity index (χ4n) is 7.00. The number of nitrogens with one attached hydrogen (secondary N) is 3. The van der Waals surface area contributed by atoms with E-state index in [1.54, 1.807) is 29.1 Å². The van der Waals surface area contributed by atoms with E-state index in [0.29, 0.717) is 24.7 Å². The molecule has 2 aromatic carbocycles. The molecule has 2 aliphatic heterocycles. The van der Waals surface area contributed by atoms with Crippen LogP contribution in [0.15, 0.2) is 60.9 Å². The third-order valence-corrected chi connectivity index (χ3v) is 9.89. The van der Waals surface area contributed by atoms with Crippen LogP contribution in [-0.2, 0) is 19.1 Å². The largest absolute Gasteiger partial charge is 0.465 e. The van der Waals surface area contributed by atoms with Crippen LogP contribution in [0.1, 0.15) is 56.3 Å². The molecule has 2 saturated heterocycles. The van der Waals surface area contributed by atoms with Crippen LogP contribution in [0.4, 0.5) is 9.59 Å². The summed E-state index contributed by atoms with van der Waals surface area (Å²) < 4.78 is 9.80. The topological polar surface area (TPSA) is 186 Å². The molecule has 15 heteroatoms. The first-order chi connectivity index (χ1) is 25.1. The molecule has 4 amide bonds. The van der Waals surface area contributed by atoms with Crippen molar-refractivity contribution < 1.29 is 33.8 Å². The molecule has 15 nitrogen and oxygen atoms in total. The molecule has 52 heavy (non-hydrogen) atoms. The number of likely N-dealkylation sites (N-methyl/N-ethyl adjacent to an activating group) is 1. The highest BCUT2D eigenvalue weighted by atomic mass is 16.5. The van der Waals surface area contributed by atoms with Gasteiger partial charge < -0.3 is 39.7 Å². The van der Waals surface area contributed by atoms with Crippen LogP contribution in [0.25, 0.3) is 33.6 Å². The van der Waals surface area contributed by atoms with Crippen molar-refractivity contribution in [1.29, 1.82) is 0 Å². The number of hydrogen-bond donors (Lipinski definition) is 4. The fourth-order valence-corrected chi connectivity index (χ4v) is 7.00. The maximum Gasteiger partial charge on any atom is 0.407 e. The molecular weight excluding hydrogens is 668 g/mol. The molecule has 0 saturated carbocycles. The van der Waals surface area contributed by atoms with Crippen LogP contribution in [-0.4, -0.2) is 117 Å². The van der Waals surface area contributed by atoms with Gasteiger partial charge in [-0.2, -0.15) is 0 Å². The molecule has 2 fully saturated rings. The lowest BCUT2D eigenvalue weighted by molar-refractivity contribution is -0.139. The lowest BCUT2D eigenvalue weighted by Crippen LogP contribution is -2.51. The number of imidazole rings is 2. The van der Waals surface area contributed by atoms with Crippen LogP contribution in [0.2, 0.25) is 0 Å². The number of nitrogens with zero attached hydrogens (tertiary/aromatic N) is 5. The number of carbonyl (C=O) groups excluding carboxylic acids is 3. The monoisotopic (exact) mass is 712 g/mol. The van der Waals surface area contributed by atoms with Gasteiger partial charge in [0, 0.05) is 27.2 Å². The third kappa shape index (κ3) is 7.49. The van der Waals surface area contributed by atoms with Gasteiger partial charge in [0.05, 0.1) is 49.6 Å². The van der Waals surface area contributed by atoms with Gasteiger partial charge in [0.1, 0.15) is 23.7 Å². The average molecular weight is 713 g/mol. The minimum Gasteiger partial charge on any atom is -0.465 e. The van der Waals surface area contributed by atoms with Crippen molar-refractivity contribution in [2.75, 3.05) is 41.0 Å². The van der Waals surface area contributed by atoms with E-state index in [-0.39, 0.29) is 30.5 Å². The Morgan fingerprint density at radius 3 is 1.73 bits per heavy atom. The number of hydrogen-bond acceptors (Lipinski definition) is 8. The van der Waals surface area contributed by atoms with E-state index < -0.39 is 24.3 Å². The van der Waals surface area contributed by atoms with Gasteiger partial charge in [0.2, 0.25) is 11.8 Å². The second kappa shape index (κ2) is 15.7. The van der Waals surface area contributed by atoms with E-state index in [2.05, 4.69) is 42.1 Å². The summed E-state index contributed by atoms with van der Waals surface area (Å²) in [5.74, 6) is 0.889. The first-order valence-corrected chi connectivity index (χ1v) is 17.3. The van der Waals surface area contributed by atoms with E-state index in [9.17, 15) is 24.3 Å². The molecule has 0 radical (unpaired) electrons. The summed E-state index contributed by atoms with van der Waals surface area (Å²) in [7, 11) is 4.09. The lowest BCUT2D eigenvalue weighted by Gasteiger charge is -2.31. The number of aromatic amines is 2. The standard InChI is InChI=1S/C37H44N8O7/c1-22(40-36(48)52-4)34(46)44-17-5-7-29(44)32-38-19-27(41-32)25-13-9-23(10-14-25)24-11-15-26(16-12-24)28-20-39-33(42-28)30-8-6-18-45(30)35(47)31(21-51-3)43(2)37(49)50/h9-16,19-20,22,29-31H,5-8,17-18,21H2,1-4H3,(H,38,41)(H,39,42)(H,40,48)(H,49,50)/t22-,29-,30-,31-/m0/s1. The SMILES string of the molecule is COC[C@@H](C(=O)N1CCC[C@H]1c1ncc(-c2ccc(-c3ccc(-c4cnc([C@@H]5CCCN5C(=O)[C@H](C)NC(=O)OC)[nH]4)cc3)cc2)[nH]1)N(C)C(=O)O. The van der Waals surface area contributed by atoms with Crippen LogP contribution >= 0.6 is 0 Å². The Bertz CT molecular complexity index is 1890. The number of ether oxygens (including phenoxy) is 2. The molecule has 0 spiro atoms. The Morgan fingerprint density at radius 2 is 1.29 bits per heavy atom. The second-order valence-corrected chi connectivity index (χ2v) is 13.1. The summed E-state index contributed by atoms with van der Waals surface area (Å²) in [6, 6.07) is 14.1. The molecule has 0 aliphatic carbocycles. The average Bonchev–Trinajstić information content (AvgIpc) is 3.99. The summed E-state index contributed by atoms with van der Waals surface area (Å²) in [6.45, 7) is 2.72. The summed E-state index contributed by atoms with van der Waals surface area (Å²) >= 11 is 0. The predicted octanol–water partition coefficient (Wildman–Crippen LogP) is 4.83. The van der Waals surface area contributed by atoms with Crippen molar-refractivity contribution in [3.05, 3.63) is 72.6 Å². The number of likely N-dealkylation sites (tertiary alicyclic amines) is 2. The van der Waals surface area contributed by atoms with Gasteiger partial charge >= 0.3 is 12.2 Å². The van der Waals surface area contributed by atoms with E-state index >= 15 is 0 Å². The number of methoxy groups -OCH3 is 2. The highest BCUT2D eigenvalue weighted by Crippen LogP contribution is 2.34. The summed E-state index contributed by atoms with van der Waals surface area (Å²) in [5, 5.41) is 12.0. The maximum atomic E-state index is 13.4. The number of H-pyrrole nitrogens is 2. The number of aromatic nitrogens is 4. The van der Waals surface area contributed by atoms with Crippen molar-refractivity contribution in [3.63, 3.8) is 0 Å². The fraction of sp³-hybridized carbons (Fsp3) is 0.405. The molecule has 4 atom stereocenters. The number of carboxylic acid groups (broad SMARTS) is 1. The van der Waals surface area contributed by atoms with Crippen LogP contribution in [0.5, 0.6) is 0 Å². The smallest absolute Gasteiger partial charge is 0.407 e. The molecule has 2 aromatic heterocycles. The normalized spacial score (nSPS) is 18.2. The quantitative estimate of drug-likeness (QED) is 0.169. The Labute approximate surface area is 301 Å². The van der Waals surface area contributed by atoms with E-state index in [4.69, 9.17) is 4.74 Å². The number of benzene rings is 2. The second-order valence-electron chi connectivity index (χ2n) is 13.1. The molecule has 6 rings (SSSR count). The number of rotatable bonds is 11. The summed E-state index contributed by atoms with van der Waals surface area (Å²) in [4.78, 5) is 70.2. The van der Waals surface area contributed by atoms with Gasteiger partial charge in [-0.05, 0) is 54.9 Å². The summed E-state index contributed by atoms with van der Waals surface area (Å²) in [6.07, 6.45) is 4.83. The van der Waals surface area contributed by atoms with Gasteiger partial charge in [0.15, 0.2) is 0 Å². The zero-order valence-electron chi connectivity index (χ0n) is 29.7. The Balaban J connectivity index is 1.10. The van der Waals surface area contributed by atoms with Crippen LogP contribution < -0.4 is 5.32 Å². The van der Waals surface area contributed by atoms with Crippen molar-refractivity contribution >= 4 is 24.0 Å². The number of amides is 4. The minimum atomic E-state index is -1.19. The molecule has 274 valence electrons. The van der Waals surface area contributed by atoms with Gasteiger partial charge in [-0.25, -0.2) is 19.6 Å². The van der Waals surface area contributed by atoms with Crippen molar-refractivity contribution in [2.24, 2.45) is 0 Å². The van der Waals surface area contributed by atoms with Crippen molar-refractivity contribution in [2.45, 2.75) is 56.8 Å². The number of carbonyl (C=O) groups is 4. The predicted molar refractivity (Wildman–Crippen MR) is 191 cm³/mol. The Kier molecular flexibility index (Phi) is 10.9. The Morgan fingerprint density at radius 1 is 0.827 bits per heavy atom. The highest BCUT2D eigenvalue weighted by molar-refractivity contribution is 5.86. The molecule has 0 bridgehead atoms. The van der Waals surface area contributed by atoms with E-state index in [1.807, 2.05) is 36.4 Å². The molecule has 0 unspecified atom stereocenters. The zero-order valence-corrected chi connectivity index (χ0v) is 29.7. The lowest BCUT2D eigenvalue weighted by atomic mass is 10.0. The maximum absolute atomic E-state index is 13.4. The van der Waals surface area contributed by atoms with Crippen LogP contribution in [0.3, 0.4) is 0 Å². The summed E-state index contributed by atoms with van der Waals surface area (Å²) in [5.41, 5.74) is 5.64. The molecule has 2 aliphatic rings. The third-order valence-electron chi connectivity index (χ3n) is 9.89.